The first kappa shape index (κ1) is 73.7. The summed E-state index contributed by atoms with van der Waals surface area (Å²) >= 11 is 0. The third-order valence-corrected chi connectivity index (χ3v) is 15.8. The van der Waals surface area contributed by atoms with Crippen LogP contribution in [0.25, 0.3) is 17.2 Å². The van der Waals surface area contributed by atoms with Crippen molar-refractivity contribution in [1.29, 1.82) is 5.41 Å². The fourth-order valence-corrected chi connectivity index (χ4v) is 10.6. The summed E-state index contributed by atoms with van der Waals surface area (Å²) in [5.41, 5.74) is 22.8. The lowest BCUT2D eigenvalue weighted by atomic mass is 9.91. The van der Waals surface area contributed by atoms with Crippen molar-refractivity contribution in [3.63, 3.8) is 0 Å². The minimum Gasteiger partial charge on any atom is -0.445 e. The SMILES string of the molecule is CCCCN/C(Cc1ccc(CNC(=O)OCc2ccc(NC(=O)[C@H](CCCNC(N)=O)NC(=O)[C@@H](NC(=O)CCOCCOCCOCCOCCNC(=O)CCC(=O)N3Cc4ccccc4/C(C)=C\c4ccccc43)C(C)C)cc2)cc1)=C1\C(=N)C(N)=Nc2ccccc21. The van der Waals surface area contributed by atoms with E-state index in [9.17, 15) is 33.6 Å². The Hall–Kier alpha value is -9.75. The number of aliphatic imine (C=N–C) groups is 1. The summed E-state index contributed by atoms with van der Waals surface area (Å²) in [6.45, 7) is 11.6. The normalized spacial score (nSPS) is 14.1. The van der Waals surface area contributed by atoms with Crippen molar-refractivity contribution >= 4 is 87.5 Å². The minimum atomic E-state index is -1.06. The van der Waals surface area contributed by atoms with Gasteiger partial charge in [0, 0.05) is 74.4 Å². The minimum absolute atomic E-state index is 0.0363. The number of hydrogen-bond donors (Lipinski definition) is 10. The van der Waals surface area contributed by atoms with Gasteiger partial charge in [0.15, 0.2) is 0 Å². The molecule has 12 N–H and O–H groups in total. The Morgan fingerprint density at radius 1 is 0.635 bits per heavy atom. The smallest absolute Gasteiger partial charge is 0.407 e. The fraction of sp³-hybridized carbons (Fsp3) is 0.403. The van der Waals surface area contributed by atoms with E-state index in [-0.39, 0.29) is 101 Å². The molecule has 24 nitrogen and oxygen atoms in total. The highest BCUT2D eigenvalue weighted by Crippen LogP contribution is 2.35. The quantitative estimate of drug-likeness (QED) is 0.0168. The number of primary amides is 1. The molecule has 0 aromatic heterocycles. The van der Waals surface area contributed by atoms with E-state index >= 15 is 0 Å². The number of fused-ring (bicyclic) bond motifs is 3. The molecule has 0 unspecified atom stereocenters. The fourth-order valence-electron chi connectivity index (χ4n) is 10.6. The Balaban J connectivity index is 0.738. The molecule has 2 heterocycles. The molecule has 2 aliphatic rings. The molecule has 8 amide bonds. The predicted molar refractivity (Wildman–Crippen MR) is 371 cm³/mol. The summed E-state index contributed by atoms with van der Waals surface area (Å²) in [5, 5.41) is 28.8. The van der Waals surface area contributed by atoms with Crippen molar-refractivity contribution < 1.29 is 57.2 Å². The Morgan fingerprint density at radius 3 is 1.98 bits per heavy atom. The van der Waals surface area contributed by atoms with Gasteiger partial charge in [0.05, 0.1) is 70.8 Å². The molecule has 2 aliphatic heterocycles. The molecule has 0 saturated carbocycles. The Labute approximate surface area is 561 Å². The van der Waals surface area contributed by atoms with E-state index in [2.05, 4.69) is 68.2 Å². The zero-order chi connectivity index (χ0) is 68.6. The summed E-state index contributed by atoms with van der Waals surface area (Å²) in [7, 11) is 0. The molecule has 2 atom stereocenters. The van der Waals surface area contributed by atoms with Crippen molar-refractivity contribution in [2.24, 2.45) is 22.4 Å². The van der Waals surface area contributed by atoms with Crippen LogP contribution in [0, 0.1) is 11.3 Å². The molecule has 24 heteroatoms. The highest BCUT2D eigenvalue weighted by molar-refractivity contribution is 6.58. The zero-order valence-electron chi connectivity index (χ0n) is 55.4. The lowest BCUT2D eigenvalue weighted by Gasteiger charge is -2.28. The monoisotopic (exact) mass is 1320 g/mol. The van der Waals surface area contributed by atoms with Gasteiger partial charge in [-0.2, -0.15) is 0 Å². The standard InChI is InChI=1S/C72H92N12O12/c1-5-6-32-76-60(65-57-17-10-11-18-58(57)81-68(74)66(65)73)44-50-21-23-51(24-22-50)45-79-72(91)96-47-52-25-27-55(28-26-52)80-69(88)59(19-13-33-78-71(75)90)82-70(89)67(48(2)3)83-63(86)31-35-92-37-39-94-41-42-95-40-38-93-36-34-77-62(85)29-30-64(87)84-46-54-15-7-9-16-56(54)49(4)43-53-14-8-12-20-61(53)84/h7-12,14-18,20-28,43,48,59,67,73,76H,5-6,13,19,29-42,44-47H2,1-4H3,(H2,74,81)(H,77,85)(H,79,91)(H,80,88)(H,82,89)(H,83,86)(H3,75,78,90)/b49-43-,65-60-,73-66?/t59-,67-/m0/s1. The molecule has 0 spiro atoms. The number of unbranched alkanes of at least 4 members (excludes halogenated alkanes) is 1. The summed E-state index contributed by atoms with van der Waals surface area (Å²) in [6, 6.07) is 35.2. The number of carbonyl (C=O) groups is 7. The van der Waals surface area contributed by atoms with Crippen LogP contribution in [0.2, 0.25) is 0 Å². The molecular weight excluding hydrogens is 1220 g/mol. The van der Waals surface area contributed by atoms with E-state index in [1.165, 1.54) is 0 Å². The average molecular weight is 1320 g/mol. The van der Waals surface area contributed by atoms with Gasteiger partial charge in [-0.3, -0.25) is 29.4 Å². The second-order valence-electron chi connectivity index (χ2n) is 23.5. The molecule has 0 bridgehead atoms. The number of nitrogens with zero attached hydrogens (tertiary/aromatic N) is 2. The Bertz CT molecular complexity index is 3540. The van der Waals surface area contributed by atoms with E-state index in [1.807, 2.05) is 91.0 Å². The van der Waals surface area contributed by atoms with Crippen LogP contribution in [0.15, 0.2) is 132 Å². The maximum Gasteiger partial charge on any atom is 0.407 e. The summed E-state index contributed by atoms with van der Waals surface area (Å²) in [6.07, 6.45) is 4.47. The number of nitrogens with one attached hydrogen (secondary N) is 8. The second-order valence-corrected chi connectivity index (χ2v) is 23.5. The Morgan fingerprint density at radius 2 is 1.27 bits per heavy atom. The molecular formula is C72H92N12O12. The van der Waals surface area contributed by atoms with Gasteiger partial charge in [-0.05, 0) is 101 Å². The van der Waals surface area contributed by atoms with E-state index < -0.39 is 41.9 Å². The van der Waals surface area contributed by atoms with E-state index in [0.29, 0.717) is 63.6 Å². The van der Waals surface area contributed by atoms with Gasteiger partial charge in [-0.25, -0.2) is 14.6 Å². The second kappa shape index (κ2) is 39.2. The lowest BCUT2D eigenvalue weighted by molar-refractivity contribution is -0.132. The van der Waals surface area contributed by atoms with Crippen molar-refractivity contribution in [3.05, 3.63) is 166 Å². The van der Waals surface area contributed by atoms with Gasteiger partial charge >= 0.3 is 12.1 Å². The molecule has 0 saturated heterocycles. The molecule has 96 heavy (non-hydrogen) atoms. The van der Waals surface area contributed by atoms with Gasteiger partial charge in [0.2, 0.25) is 29.5 Å². The third kappa shape index (κ3) is 23.9. The van der Waals surface area contributed by atoms with Crippen LogP contribution in [-0.2, 0) is 73.8 Å². The van der Waals surface area contributed by atoms with Gasteiger partial charge in [-0.1, -0.05) is 124 Å². The van der Waals surface area contributed by atoms with Crippen LogP contribution in [0.4, 0.5) is 26.7 Å². The number of hydrogen-bond acceptors (Lipinski definition) is 16. The van der Waals surface area contributed by atoms with E-state index in [4.69, 9.17) is 40.6 Å². The van der Waals surface area contributed by atoms with Crippen molar-refractivity contribution in [2.75, 3.05) is 82.7 Å². The number of rotatable bonds is 38. The third-order valence-electron chi connectivity index (χ3n) is 15.8. The number of nitrogens with two attached hydrogens (primary N) is 2. The molecule has 5 aromatic rings. The van der Waals surface area contributed by atoms with Gasteiger partial charge in [-0.15, -0.1) is 0 Å². The predicted octanol–water partition coefficient (Wildman–Crippen LogP) is 7.95. The van der Waals surface area contributed by atoms with E-state index in [1.54, 1.807) is 43.0 Å². The van der Waals surface area contributed by atoms with Crippen LogP contribution < -0.4 is 53.6 Å². The first-order valence-electron chi connectivity index (χ1n) is 32.7. The van der Waals surface area contributed by atoms with E-state index in [0.717, 1.165) is 81.0 Å². The van der Waals surface area contributed by atoms with Crippen LogP contribution >= 0.6 is 0 Å². The Kier molecular flexibility index (Phi) is 30.1. The zero-order valence-corrected chi connectivity index (χ0v) is 55.4. The topological polar surface area (TPSA) is 341 Å². The molecule has 512 valence electrons. The number of urea groups is 1. The summed E-state index contributed by atoms with van der Waals surface area (Å²) in [5.74, 6) is -2.09. The van der Waals surface area contributed by atoms with Crippen LogP contribution in [0.1, 0.15) is 112 Å². The maximum atomic E-state index is 13.7. The number of carbonyl (C=O) groups excluding carboxylic acids is 7. The molecule has 0 fully saturated rings. The first-order valence-corrected chi connectivity index (χ1v) is 32.7. The molecule has 0 aliphatic carbocycles. The number of amides is 8. The number of allylic oxidation sites excluding steroid dienone is 2. The number of benzene rings is 5. The summed E-state index contributed by atoms with van der Waals surface area (Å²) in [4.78, 5) is 97.1. The largest absolute Gasteiger partial charge is 0.445 e. The maximum absolute atomic E-state index is 13.7. The van der Waals surface area contributed by atoms with Crippen molar-refractivity contribution in [1.82, 2.24) is 31.9 Å². The van der Waals surface area contributed by atoms with Crippen molar-refractivity contribution in [2.45, 2.75) is 111 Å². The van der Waals surface area contributed by atoms with Crippen molar-refractivity contribution in [3.8, 4) is 0 Å². The number of alkyl carbamates (subject to hydrolysis) is 1. The van der Waals surface area contributed by atoms with Gasteiger partial charge in [0.1, 0.15) is 30.2 Å². The molecule has 7 rings (SSSR count). The van der Waals surface area contributed by atoms with Gasteiger partial charge < -0.3 is 77.3 Å². The first-order chi connectivity index (χ1) is 46.5. The van der Waals surface area contributed by atoms with Crippen LogP contribution in [0.3, 0.4) is 0 Å². The molecule has 5 aromatic carbocycles. The highest BCUT2D eigenvalue weighted by Gasteiger charge is 2.30. The van der Waals surface area contributed by atoms with Gasteiger partial charge in [0.25, 0.3) is 0 Å². The number of para-hydroxylation sites is 2. The number of ether oxygens (including phenoxy) is 5. The van der Waals surface area contributed by atoms with Crippen LogP contribution in [0.5, 0.6) is 0 Å². The number of anilines is 2. The average Bonchev–Trinajstić information content (AvgIpc) is 0.788. The molecule has 0 radical (unpaired) electrons. The highest BCUT2D eigenvalue weighted by atomic mass is 16.6. The lowest BCUT2D eigenvalue weighted by Crippen LogP contribution is -2.54. The number of amidine groups is 1. The summed E-state index contributed by atoms with van der Waals surface area (Å²) < 4.78 is 27.8. The van der Waals surface area contributed by atoms with Crippen LogP contribution in [-0.4, -0.2) is 138 Å².